The number of benzene rings is 2. The van der Waals surface area contributed by atoms with Gasteiger partial charge in [-0.25, -0.2) is 0 Å². The SMILES string of the molecule is CC1CN(Cc2ccc(C(=O)NCCc3ccc(OC(F)F)cc3)cc2)CC(C)O1. The third-order valence-electron chi connectivity index (χ3n) is 4.97. The molecule has 0 saturated carbocycles. The standard InChI is InChI=1S/C23H28F2N2O3/c1-16-13-27(14-17(2)29-16)15-19-3-7-20(8-4-19)22(28)26-12-11-18-5-9-21(10-6-18)30-23(24)25/h3-10,16-17,23H,11-15H2,1-2H3,(H,26,28). The van der Waals surface area contributed by atoms with E-state index in [4.69, 9.17) is 4.74 Å². The second kappa shape index (κ2) is 10.5. The van der Waals surface area contributed by atoms with Crippen LogP contribution in [0.1, 0.15) is 35.3 Å². The van der Waals surface area contributed by atoms with Crippen LogP contribution in [0.2, 0.25) is 0 Å². The van der Waals surface area contributed by atoms with Crippen LogP contribution < -0.4 is 10.1 Å². The number of morpholine rings is 1. The van der Waals surface area contributed by atoms with Crippen LogP contribution in [0.15, 0.2) is 48.5 Å². The number of carbonyl (C=O) groups excluding carboxylic acids is 1. The lowest BCUT2D eigenvalue weighted by Crippen LogP contribution is -2.44. The summed E-state index contributed by atoms with van der Waals surface area (Å²) in [6, 6.07) is 14.1. The average molecular weight is 418 g/mol. The van der Waals surface area contributed by atoms with E-state index < -0.39 is 6.61 Å². The van der Waals surface area contributed by atoms with E-state index >= 15 is 0 Å². The lowest BCUT2D eigenvalue weighted by Gasteiger charge is -2.35. The Morgan fingerprint density at radius 1 is 1.07 bits per heavy atom. The highest BCUT2D eigenvalue weighted by atomic mass is 19.3. The number of hydrogen-bond acceptors (Lipinski definition) is 4. The van der Waals surface area contributed by atoms with Crippen LogP contribution in [-0.4, -0.2) is 49.3 Å². The van der Waals surface area contributed by atoms with Crippen molar-refractivity contribution in [1.82, 2.24) is 10.2 Å². The molecule has 1 aliphatic heterocycles. The molecule has 2 aromatic rings. The summed E-state index contributed by atoms with van der Waals surface area (Å²) in [6.07, 6.45) is 1.06. The molecule has 1 N–H and O–H groups in total. The van der Waals surface area contributed by atoms with Gasteiger partial charge < -0.3 is 14.8 Å². The quantitative estimate of drug-likeness (QED) is 0.707. The van der Waals surface area contributed by atoms with Gasteiger partial charge in [0.15, 0.2) is 0 Å². The molecule has 0 radical (unpaired) electrons. The van der Waals surface area contributed by atoms with Gasteiger partial charge in [-0.05, 0) is 55.7 Å². The minimum Gasteiger partial charge on any atom is -0.435 e. The maximum absolute atomic E-state index is 12.4. The molecule has 2 atom stereocenters. The van der Waals surface area contributed by atoms with E-state index in [2.05, 4.69) is 28.8 Å². The molecule has 3 rings (SSSR count). The van der Waals surface area contributed by atoms with E-state index in [1.165, 1.54) is 17.7 Å². The zero-order valence-corrected chi connectivity index (χ0v) is 17.3. The number of amides is 1. The first kappa shape index (κ1) is 22.2. The first-order valence-corrected chi connectivity index (χ1v) is 10.2. The second-order valence-electron chi connectivity index (χ2n) is 7.68. The van der Waals surface area contributed by atoms with Gasteiger partial charge in [-0.1, -0.05) is 24.3 Å². The third kappa shape index (κ3) is 6.78. The molecule has 1 fully saturated rings. The molecule has 2 aromatic carbocycles. The van der Waals surface area contributed by atoms with Gasteiger partial charge in [0.1, 0.15) is 5.75 Å². The van der Waals surface area contributed by atoms with Gasteiger partial charge in [0.2, 0.25) is 0 Å². The fourth-order valence-corrected chi connectivity index (χ4v) is 3.69. The first-order valence-electron chi connectivity index (χ1n) is 10.2. The zero-order chi connectivity index (χ0) is 21.5. The number of hydrogen-bond donors (Lipinski definition) is 1. The summed E-state index contributed by atoms with van der Waals surface area (Å²) in [6.45, 7) is 4.44. The van der Waals surface area contributed by atoms with Gasteiger partial charge in [0, 0.05) is 31.7 Å². The fourth-order valence-electron chi connectivity index (χ4n) is 3.69. The van der Waals surface area contributed by atoms with Crippen molar-refractivity contribution in [2.45, 2.75) is 45.6 Å². The van der Waals surface area contributed by atoms with Crippen molar-refractivity contribution in [3.63, 3.8) is 0 Å². The van der Waals surface area contributed by atoms with E-state index in [0.29, 0.717) is 18.5 Å². The van der Waals surface area contributed by atoms with Crippen LogP contribution in [0.4, 0.5) is 8.78 Å². The molecule has 0 bridgehead atoms. The van der Waals surface area contributed by atoms with Crippen LogP contribution in [-0.2, 0) is 17.7 Å². The Kier molecular flexibility index (Phi) is 7.76. The van der Waals surface area contributed by atoms with Gasteiger partial charge in [-0.15, -0.1) is 0 Å². The largest absolute Gasteiger partial charge is 0.435 e. The zero-order valence-electron chi connectivity index (χ0n) is 17.3. The second-order valence-corrected chi connectivity index (χ2v) is 7.68. The van der Waals surface area contributed by atoms with Crippen molar-refractivity contribution in [3.05, 3.63) is 65.2 Å². The highest BCUT2D eigenvalue weighted by molar-refractivity contribution is 5.94. The topological polar surface area (TPSA) is 50.8 Å². The van der Waals surface area contributed by atoms with Crippen LogP contribution in [0.5, 0.6) is 5.75 Å². The van der Waals surface area contributed by atoms with Crippen LogP contribution >= 0.6 is 0 Å². The minimum absolute atomic E-state index is 0.124. The number of nitrogens with zero attached hydrogens (tertiary/aromatic N) is 1. The first-order chi connectivity index (χ1) is 14.4. The van der Waals surface area contributed by atoms with Crippen molar-refractivity contribution < 1.29 is 23.0 Å². The maximum atomic E-state index is 12.4. The van der Waals surface area contributed by atoms with E-state index in [0.717, 1.165) is 25.2 Å². The number of nitrogens with one attached hydrogen (secondary N) is 1. The van der Waals surface area contributed by atoms with Crippen molar-refractivity contribution in [2.24, 2.45) is 0 Å². The van der Waals surface area contributed by atoms with E-state index in [1.807, 2.05) is 24.3 Å². The van der Waals surface area contributed by atoms with E-state index in [9.17, 15) is 13.6 Å². The average Bonchev–Trinajstić information content (AvgIpc) is 2.68. The van der Waals surface area contributed by atoms with Crippen molar-refractivity contribution in [3.8, 4) is 5.75 Å². The number of rotatable bonds is 8. The molecule has 1 heterocycles. The molecule has 162 valence electrons. The molecule has 0 aliphatic carbocycles. The van der Waals surface area contributed by atoms with E-state index in [1.54, 1.807) is 12.1 Å². The molecule has 0 spiro atoms. The van der Waals surface area contributed by atoms with E-state index in [-0.39, 0.29) is 23.9 Å². The Labute approximate surface area is 176 Å². The molecular formula is C23H28F2N2O3. The molecule has 0 aromatic heterocycles. The van der Waals surface area contributed by atoms with Gasteiger partial charge in [-0.3, -0.25) is 9.69 Å². The van der Waals surface area contributed by atoms with Crippen LogP contribution in [0.3, 0.4) is 0 Å². The smallest absolute Gasteiger partial charge is 0.387 e. The summed E-state index contributed by atoms with van der Waals surface area (Å²) < 4.78 is 34.4. The Bertz CT molecular complexity index is 802. The molecule has 1 amide bonds. The molecule has 5 nitrogen and oxygen atoms in total. The van der Waals surface area contributed by atoms with Gasteiger partial charge >= 0.3 is 6.61 Å². The van der Waals surface area contributed by atoms with Crippen LogP contribution in [0.25, 0.3) is 0 Å². The summed E-state index contributed by atoms with van der Waals surface area (Å²) in [5.74, 6) is -0.00769. The van der Waals surface area contributed by atoms with Crippen LogP contribution in [0, 0.1) is 0 Å². The van der Waals surface area contributed by atoms with Crippen molar-refractivity contribution in [2.75, 3.05) is 19.6 Å². The van der Waals surface area contributed by atoms with Gasteiger partial charge in [0.25, 0.3) is 5.91 Å². The Morgan fingerprint density at radius 2 is 1.67 bits per heavy atom. The predicted octanol–water partition coefficient (Wildman–Crippen LogP) is 3.87. The Morgan fingerprint density at radius 3 is 2.27 bits per heavy atom. The monoisotopic (exact) mass is 418 g/mol. The predicted molar refractivity (Wildman–Crippen MR) is 111 cm³/mol. The fraction of sp³-hybridized carbons (Fsp3) is 0.435. The highest BCUT2D eigenvalue weighted by Crippen LogP contribution is 2.16. The molecule has 1 aliphatic rings. The summed E-state index contributed by atoms with van der Waals surface area (Å²) in [4.78, 5) is 14.7. The van der Waals surface area contributed by atoms with Gasteiger partial charge in [-0.2, -0.15) is 8.78 Å². The molecular weight excluding hydrogens is 390 g/mol. The summed E-state index contributed by atoms with van der Waals surface area (Å²) in [7, 11) is 0. The van der Waals surface area contributed by atoms with Gasteiger partial charge in [0.05, 0.1) is 12.2 Å². The molecule has 1 saturated heterocycles. The molecule has 2 unspecified atom stereocenters. The normalized spacial score (nSPS) is 19.6. The summed E-state index contributed by atoms with van der Waals surface area (Å²) >= 11 is 0. The summed E-state index contributed by atoms with van der Waals surface area (Å²) in [5, 5.41) is 2.89. The lowest BCUT2D eigenvalue weighted by molar-refractivity contribution is -0.0704. The van der Waals surface area contributed by atoms with Crippen molar-refractivity contribution in [1.29, 1.82) is 0 Å². The number of ether oxygens (including phenoxy) is 2. The molecule has 7 heteroatoms. The molecule has 30 heavy (non-hydrogen) atoms. The maximum Gasteiger partial charge on any atom is 0.387 e. The number of alkyl halides is 2. The Hall–Kier alpha value is -2.51. The summed E-state index contributed by atoms with van der Waals surface area (Å²) in [5.41, 5.74) is 2.71. The minimum atomic E-state index is -2.83. The highest BCUT2D eigenvalue weighted by Gasteiger charge is 2.22. The Balaban J connectivity index is 1.44. The number of halogens is 2. The number of carbonyl (C=O) groups is 1. The lowest BCUT2D eigenvalue weighted by atomic mass is 10.1. The third-order valence-corrected chi connectivity index (χ3v) is 4.97. The van der Waals surface area contributed by atoms with Crippen molar-refractivity contribution >= 4 is 5.91 Å².